The van der Waals surface area contributed by atoms with E-state index < -0.39 is 9.84 Å². The molecule has 0 spiro atoms. The van der Waals surface area contributed by atoms with Gasteiger partial charge in [-0.2, -0.15) is 0 Å². The number of fused-ring (bicyclic) bond motifs is 3. The minimum atomic E-state index is -3.35. The maximum absolute atomic E-state index is 12.2. The minimum absolute atomic E-state index is 0.249. The van der Waals surface area contributed by atoms with Gasteiger partial charge < -0.3 is 4.42 Å². The Hall–Kier alpha value is -1.99. The first-order chi connectivity index (χ1) is 14.4. The fraction of sp³-hybridized carbons (Fsp3) is 0.478. The third-order valence-electron chi connectivity index (χ3n) is 6.82. The highest BCUT2D eigenvalue weighted by Gasteiger charge is 2.39. The summed E-state index contributed by atoms with van der Waals surface area (Å²) in [5.74, 6) is 3.72. The molecule has 3 aromatic rings. The van der Waals surface area contributed by atoms with Gasteiger partial charge in [0.15, 0.2) is 21.3 Å². The molecular weight excluding hydrogens is 416 g/mol. The summed E-state index contributed by atoms with van der Waals surface area (Å²) in [5.41, 5.74) is 1.92. The predicted molar refractivity (Wildman–Crippen MR) is 119 cm³/mol. The van der Waals surface area contributed by atoms with Crippen LogP contribution in [0.25, 0.3) is 21.7 Å². The molecule has 0 N–H and O–H groups in total. The lowest BCUT2D eigenvalue weighted by atomic mass is 9.78. The van der Waals surface area contributed by atoms with E-state index >= 15 is 0 Å². The number of aromatic nitrogens is 2. The van der Waals surface area contributed by atoms with Gasteiger partial charge in [0, 0.05) is 24.3 Å². The van der Waals surface area contributed by atoms with E-state index in [9.17, 15) is 8.42 Å². The number of nitrogens with zero attached hydrogens (tertiary/aromatic N) is 2. The van der Waals surface area contributed by atoms with E-state index in [0.29, 0.717) is 34.4 Å². The van der Waals surface area contributed by atoms with Crippen molar-refractivity contribution >= 4 is 32.3 Å². The van der Waals surface area contributed by atoms with Gasteiger partial charge >= 0.3 is 0 Å². The Kier molecular flexibility index (Phi) is 5.06. The quantitative estimate of drug-likeness (QED) is 0.470. The predicted octanol–water partition coefficient (Wildman–Crippen LogP) is 5.53. The molecule has 0 aliphatic heterocycles. The molecule has 7 heteroatoms. The molecule has 2 saturated carbocycles. The number of sulfone groups is 1. The fourth-order valence-electron chi connectivity index (χ4n) is 5.48. The summed E-state index contributed by atoms with van der Waals surface area (Å²) in [4.78, 5) is 9.26. The monoisotopic (exact) mass is 442 g/mol. The van der Waals surface area contributed by atoms with Crippen LogP contribution >= 0.6 is 11.3 Å². The highest BCUT2D eigenvalue weighted by atomic mass is 32.2. The minimum Gasteiger partial charge on any atom is -0.440 e. The molecule has 2 aliphatic carbocycles. The van der Waals surface area contributed by atoms with Crippen LogP contribution in [0.15, 0.2) is 45.7 Å². The molecule has 0 radical (unpaired) electrons. The molecule has 30 heavy (non-hydrogen) atoms. The number of allylic oxidation sites excluding steroid dienone is 1. The van der Waals surface area contributed by atoms with Gasteiger partial charge in [0.25, 0.3) is 0 Å². The molecule has 2 aliphatic rings. The van der Waals surface area contributed by atoms with E-state index in [1.807, 2.05) is 5.38 Å². The van der Waals surface area contributed by atoms with Crippen molar-refractivity contribution in [3.63, 3.8) is 0 Å². The molecule has 4 unspecified atom stereocenters. The first-order valence-electron chi connectivity index (χ1n) is 10.6. The zero-order chi connectivity index (χ0) is 20.9. The van der Waals surface area contributed by atoms with Crippen LogP contribution in [0.5, 0.6) is 0 Å². The zero-order valence-corrected chi connectivity index (χ0v) is 18.7. The van der Waals surface area contributed by atoms with Crippen molar-refractivity contribution in [2.45, 2.75) is 43.4 Å². The van der Waals surface area contributed by atoms with Crippen LogP contribution in [0.1, 0.15) is 38.0 Å². The summed E-state index contributed by atoms with van der Waals surface area (Å²) in [6.45, 7) is 4.03. The Morgan fingerprint density at radius 2 is 2.13 bits per heavy atom. The lowest BCUT2D eigenvalue weighted by Gasteiger charge is -2.28. The number of hydrogen-bond acceptors (Lipinski definition) is 6. The number of oxazole rings is 1. The summed E-state index contributed by atoms with van der Waals surface area (Å²) >= 11 is 1.46. The standard InChI is InChI=1S/C23H26N2O3S2/c1-3-16-10-15-8-14(9-17(16)11-15)4-5-21-25-20-13-18(30(2,26)27)12-19(22(20)28-21)23-24-6-7-29-23/h3,6-7,12-17H,1,4-5,8-11H2,2H3. The zero-order valence-electron chi connectivity index (χ0n) is 17.1. The lowest BCUT2D eigenvalue weighted by Crippen LogP contribution is -2.17. The van der Waals surface area contributed by atoms with E-state index in [0.717, 1.165) is 29.7 Å². The largest absolute Gasteiger partial charge is 0.440 e. The maximum Gasteiger partial charge on any atom is 0.195 e. The topological polar surface area (TPSA) is 73.1 Å². The van der Waals surface area contributed by atoms with Gasteiger partial charge in [-0.1, -0.05) is 6.08 Å². The average Bonchev–Trinajstić information content (AvgIpc) is 3.43. The van der Waals surface area contributed by atoms with Crippen LogP contribution in [-0.2, 0) is 16.3 Å². The van der Waals surface area contributed by atoms with Gasteiger partial charge in [-0.15, -0.1) is 17.9 Å². The Bertz CT molecular complexity index is 1180. The number of hydrogen-bond donors (Lipinski definition) is 0. The van der Waals surface area contributed by atoms with Crippen LogP contribution in [0.2, 0.25) is 0 Å². The lowest BCUT2D eigenvalue weighted by molar-refractivity contribution is 0.238. The molecule has 0 saturated heterocycles. The van der Waals surface area contributed by atoms with Crippen molar-refractivity contribution in [3.8, 4) is 10.6 Å². The number of thiazole rings is 1. The molecule has 2 heterocycles. The summed E-state index contributed by atoms with van der Waals surface area (Å²) in [6.07, 6.45) is 12.2. The molecule has 1 aromatic carbocycles. The Balaban J connectivity index is 1.41. The van der Waals surface area contributed by atoms with E-state index in [-0.39, 0.29) is 4.90 Å². The van der Waals surface area contributed by atoms with Crippen molar-refractivity contribution in [3.05, 3.63) is 42.3 Å². The average molecular weight is 443 g/mol. The summed E-state index contributed by atoms with van der Waals surface area (Å²) in [5, 5.41) is 2.62. The molecule has 0 amide bonds. The smallest absolute Gasteiger partial charge is 0.195 e. The molecule has 2 bridgehead atoms. The third-order valence-corrected chi connectivity index (χ3v) is 8.72. The number of benzene rings is 1. The molecule has 2 aromatic heterocycles. The van der Waals surface area contributed by atoms with E-state index in [4.69, 9.17) is 4.42 Å². The molecular formula is C23H26N2O3S2. The van der Waals surface area contributed by atoms with Gasteiger partial charge in [0.1, 0.15) is 10.5 Å². The van der Waals surface area contributed by atoms with Crippen molar-refractivity contribution in [2.24, 2.45) is 23.7 Å². The van der Waals surface area contributed by atoms with E-state index in [2.05, 4.69) is 22.6 Å². The SMILES string of the molecule is C=CC1CC2CC(CCc3nc4cc(S(C)(=O)=O)cc(-c5nccs5)c4o3)CC1C2. The van der Waals surface area contributed by atoms with E-state index in [1.54, 1.807) is 18.3 Å². The van der Waals surface area contributed by atoms with Crippen LogP contribution in [0.4, 0.5) is 0 Å². The Morgan fingerprint density at radius 1 is 1.27 bits per heavy atom. The molecule has 4 atom stereocenters. The highest BCUT2D eigenvalue weighted by Crippen LogP contribution is 2.49. The number of aryl methyl sites for hydroxylation is 1. The molecule has 2 fully saturated rings. The Labute approximate surface area is 181 Å². The second-order valence-electron chi connectivity index (χ2n) is 8.91. The van der Waals surface area contributed by atoms with Crippen LogP contribution in [0.3, 0.4) is 0 Å². The second kappa shape index (κ2) is 7.61. The van der Waals surface area contributed by atoms with Gasteiger partial charge in [0.2, 0.25) is 0 Å². The van der Waals surface area contributed by atoms with Crippen molar-refractivity contribution in [1.82, 2.24) is 9.97 Å². The van der Waals surface area contributed by atoms with Crippen LogP contribution in [-0.4, -0.2) is 24.6 Å². The van der Waals surface area contributed by atoms with Crippen LogP contribution < -0.4 is 0 Å². The first kappa shape index (κ1) is 19.9. The third kappa shape index (κ3) is 3.73. The highest BCUT2D eigenvalue weighted by molar-refractivity contribution is 7.90. The summed E-state index contributed by atoms with van der Waals surface area (Å²) in [7, 11) is -3.35. The normalized spacial score (nSPS) is 26.3. The second-order valence-corrected chi connectivity index (χ2v) is 11.8. The first-order valence-corrected chi connectivity index (χ1v) is 13.3. The Morgan fingerprint density at radius 3 is 2.87 bits per heavy atom. The van der Waals surface area contributed by atoms with Crippen molar-refractivity contribution in [2.75, 3.05) is 6.26 Å². The van der Waals surface area contributed by atoms with Gasteiger partial charge in [-0.25, -0.2) is 18.4 Å². The molecule has 158 valence electrons. The van der Waals surface area contributed by atoms with Crippen molar-refractivity contribution < 1.29 is 12.8 Å². The van der Waals surface area contributed by atoms with Gasteiger partial charge in [0.05, 0.1) is 10.5 Å². The summed E-state index contributed by atoms with van der Waals surface area (Å²) < 4.78 is 30.5. The fourth-order valence-corrected chi connectivity index (χ4v) is 6.79. The summed E-state index contributed by atoms with van der Waals surface area (Å²) in [6, 6.07) is 3.27. The number of rotatable bonds is 6. The molecule has 5 nitrogen and oxygen atoms in total. The molecule has 5 rings (SSSR count). The van der Waals surface area contributed by atoms with E-state index in [1.165, 1.54) is 43.3 Å². The maximum atomic E-state index is 12.2. The van der Waals surface area contributed by atoms with Crippen molar-refractivity contribution in [1.29, 1.82) is 0 Å². The van der Waals surface area contributed by atoms with Crippen LogP contribution in [0, 0.1) is 23.7 Å². The van der Waals surface area contributed by atoms with Gasteiger partial charge in [-0.05, 0) is 67.9 Å². The van der Waals surface area contributed by atoms with Gasteiger partial charge in [-0.3, -0.25) is 0 Å².